The summed E-state index contributed by atoms with van der Waals surface area (Å²) < 4.78 is 4.64. The maximum Gasteiger partial charge on any atom is 0.339 e. The van der Waals surface area contributed by atoms with Crippen molar-refractivity contribution in [1.29, 1.82) is 0 Å². The topological polar surface area (TPSA) is 110 Å². The predicted octanol–water partition coefficient (Wildman–Crippen LogP) is 3.47. The number of aromatic nitrogens is 2. The van der Waals surface area contributed by atoms with Crippen LogP contribution in [0, 0.1) is 10.1 Å². The van der Waals surface area contributed by atoms with Crippen LogP contribution in [0.2, 0.25) is 5.02 Å². The summed E-state index contributed by atoms with van der Waals surface area (Å²) in [5.74, 6) is 0.126. The lowest BCUT2D eigenvalue weighted by Gasteiger charge is -2.34. The zero-order valence-electron chi connectivity index (χ0n) is 16.2. The fourth-order valence-corrected chi connectivity index (χ4v) is 3.61. The highest BCUT2D eigenvalue weighted by atomic mass is 35.5. The van der Waals surface area contributed by atoms with Crippen LogP contribution in [-0.2, 0) is 11.2 Å². The number of aryl methyl sites for hydroxylation is 1. The van der Waals surface area contributed by atoms with Gasteiger partial charge >= 0.3 is 5.97 Å². The molecule has 1 aliphatic heterocycles. The van der Waals surface area contributed by atoms with Gasteiger partial charge in [-0.25, -0.2) is 14.8 Å². The van der Waals surface area contributed by atoms with Crippen molar-refractivity contribution >= 4 is 34.8 Å². The first-order valence-corrected chi connectivity index (χ1v) is 9.69. The van der Waals surface area contributed by atoms with Crippen LogP contribution in [0.1, 0.15) is 35.8 Å². The number of nitrogens with one attached hydrogen (secondary N) is 1. The summed E-state index contributed by atoms with van der Waals surface area (Å²) in [6.45, 7) is 3.52. The number of carbonyl (C=O) groups is 1. The van der Waals surface area contributed by atoms with Gasteiger partial charge in [0, 0.05) is 37.0 Å². The summed E-state index contributed by atoms with van der Waals surface area (Å²) in [7, 11) is 1.20. The molecule has 2 heterocycles. The van der Waals surface area contributed by atoms with Crippen molar-refractivity contribution in [2.75, 3.05) is 30.4 Å². The first kappa shape index (κ1) is 20.8. The zero-order valence-corrected chi connectivity index (χ0v) is 17.0. The molecule has 1 unspecified atom stereocenters. The summed E-state index contributed by atoms with van der Waals surface area (Å²) in [6.07, 6.45) is 4.13. The fraction of sp³-hybridized carbons (Fsp3) is 0.421. The molecule has 0 saturated carbocycles. The number of esters is 1. The molecule has 1 aromatic heterocycles. The molecule has 2 aromatic rings. The number of carbonyl (C=O) groups excluding carboxylic acids is 1. The molecule has 154 valence electrons. The Labute approximate surface area is 173 Å². The Morgan fingerprint density at radius 3 is 2.90 bits per heavy atom. The average Bonchev–Trinajstić information content (AvgIpc) is 2.73. The third-order valence-electron chi connectivity index (χ3n) is 4.86. The molecular formula is C19H22ClN5O4. The van der Waals surface area contributed by atoms with Crippen LogP contribution in [0.15, 0.2) is 24.5 Å². The van der Waals surface area contributed by atoms with Gasteiger partial charge in [0.05, 0.1) is 22.6 Å². The van der Waals surface area contributed by atoms with E-state index in [1.54, 1.807) is 6.33 Å². The first-order chi connectivity index (χ1) is 13.9. The van der Waals surface area contributed by atoms with Crippen molar-refractivity contribution in [3.05, 3.63) is 50.9 Å². The van der Waals surface area contributed by atoms with Gasteiger partial charge in [-0.05, 0) is 25.3 Å². The number of anilines is 2. The highest BCUT2D eigenvalue weighted by molar-refractivity contribution is 6.34. The number of nitrogens with zero attached hydrogens (tertiary/aromatic N) is 4. The van der Waals surface area contributed by atoms with E-state index < -0.39 is 10.9 Å². The molecule has 9 nitrogen and oxygen atoms in total. The van der Waals surface area contributed by atoms with Gasteiger partial charge in [0.25, 0.3) is 5.69 Å². The smallest absolute Gasteiger partial charge is 0.339 e. The molecule has 29 heavy (non-hydrogen) atoms. The molecule has 0 amide bonds. The van der Waals surface area contributed by atoms with Crippen molar-refractivity contribution in [3.63, 3.8) is 0 Å². The maximum atomic E-state index is 11.8. The van der Waals surface area contributed by atoms with E-state index in [-0.39, 0.29) is 28.0 Å². The molecule has 1 fully saturated rings. The number of ether oxygens (including phenoxy) is 1. The van der Waals surface area contributed by atoms with E-state index in [9.17, 15) is 14.9 Å². The number of halogens is 1. The summed E-state index contributed by atoms with van der Waals surface area (Å²) in [5, 5.41) is 14.9. The second kappa shape index (κ2) is 9.04. The number of hydrogen-bond donors (Lipinski definition) is 1. The predicted molar refractivity (Wildman–Crippen MR) is 110 cm³/mol. The summed E-state index contributed by atoms with van der Waals surface area (Å²) in [5.41, 5.74) is 0.981. The number of hydrogen-bond acceptors (Lipinski definition) is 8. The van der Waals surface area contributed by atoms with Gasteiger partial charge in [-0.2, -0.15) is 0 Å². The van der Waals surface area contributed by atoms with Crippen molar-refractivity contribution in [3.8, 4) is 0 Å². The van der Waals surface area contributed by atoms with Gasteiger partial charge in [-0.15, -0.1) is 0 Å². The number of nitro groups is 1. The molecule has 0 bridgehead atoms. The molecule has 1 N–H and O–H groups in total. The highest BCUT2D eigenvalue weighted by Gasteiger charge is 2.26. The number of benzene rings is 1. The van der Waals surface area contributed by atoms with Crippen LogP contribution in [-0.4, -0.2) is 47.1 Å². The largest absolute Gasteiger partial charge is 0.465 e. The fourth-order valence-electron chi connectivity index (χ4n) is 3.37. The molecule has 1 saturated heterocycles. The van der Waals surface area contributed by atoms with Crippen LogP contribution < -0.4 is 10.2 Å². The third-order valence-corrected chi connectivity index (χ3v) is 5.18. The number of methoxy groups -OCH3 is 1. The number of nitro benzene ring substituents is 1. The van der Waals surface area contributed by atoms with Gasteiger partial charge in [-0.3, -0.25) is 10.1 Å². The van der Waals surface area contributed by atoms with Gasteiger partial charge in [0.2, 0.25) is 0 Å². The standard InChI is InChI=1S/C19H22ClN5O4/c1-3-12-7-18(22-11-21-12)24-6-4-5-13(10-24)23-16-9-15(20)14(19(26)29-2)8-17(16)25(27)28/h7-9,11,13,23H,3-6,10H2,1-2H3. The lowest BCUT2D eigenvalue weighted by Crippen LogP contribution is -2.42. The molecule has 0 spiro atoms. The lowest BCUT2D eigenvalue weighted by molar-refractivity contribution is -0.384. The van der Waals surface area contributed by atoms with Crippen LogP contribution in [0.4, 0.5) is 17.2 Å². The maximum absolute atomic E-state index is 11.8. The van der Waals surface area contributed by atoms with Crippen molar-refractivity contribution in [1.82, 2.24) is 9.97 Å². The minimum absolute atomic E-state index is 0.0373. The highest BCUT2D eigenvalue weighted by Crippen LogP contribution is 2.33. The Morgan fingerprint density at radius 2 is 2.21 bits per heavy atom. The second-order valence-electron chi connectivity index (χ2n) is 6.75. The van der Waals surface area contributed by atoms with E-state index in [0.717, 1.165) is 43.4 Å². The van der Waals surface area contributed by atoms with Crippen molar-refractivity contribution < 1.29 is 14.5 Å². The Kier molecular flexibility index (Phi) is 6.48. The van der Waals surface area contributed by atoms with E-state index >= 15 is 0 Å². The van der Waals surface area contributed by atoms with Crippen molar-refractivity contribution in [2.24, 2.45) is 0 Å². The molecule has 0 aliphatic carbocycles. The monoisotopic (exact) mass is 419 g/mol. The number of piperidine rings is 1. The minimum atomic E-state index is -0.719. The van der Waals surface area contributed by atoms with Gasteiger partial charge < -0.3 is 15.0 Å². The normalized spacial score (nSPS) is 16.4. The Bertz CT molecular complexity index is 923. The van der Waals surface area contributed by atoms with E-state index in [1.807, 2.05) is 13.0 Å². The van der Waals surface area contributed by atoms with Crippen LogP contribution in [0.3, 0.4) is 0 Å². The van der Waals surface area contributed by atoms with E-state index in [2.05, 4.69) is 24.9 Å². The van der Waals surface area contributed by atoms with Crippen LogP contribution in [0.5, 0.6) is 0 Å². The van der Waals surface area contributed by atoms with Crippen molar-refractivity contribution in [2.45, 2.75) is 32.2 Å². The first-order valence-electron chi connectivity index (χ1n) is 9.31. The molecule has 0 radical (unpaired) electrons. The third kappa shape index (κ3) is 4.73. The molecule has 10 heteroatoms. The quantitative estimate of drug-likeness (QED) is 0.430. The summed E-state index contributed by atoms with van der Waals surface area (Å²) >= 11 is 6.16. The van der Waals surface area contributed by atoms with Gasteiger partial charge in [0.1, 0.15) is 17.8 Å². The Balaban J connectivity index is 1.82. The average molecular weight is 420 g/mol. The SMILES string of the molecule is CCc1cc(N2CCCC(Nc3cc(Cl)c(C(=O)OC)cc3[N+](=O)[O-])C2)ncn1. The minimum Gasteiger partial charge on any atom is -0.465 e. The molecule has 1 aliphatic rings. The van der Waals surface area contributed by atoms with E-state index in [0.29, 0.717) is 6.54 Å². The van der Waals surface area contributed by atoms with Crippen LogP contribution >= 0.6 is 11.6 Å². The molecule has 1 aromatic carbocycles. The molecular weight excluding hydrogens is 398 g/mol. The Morgan fingerprint density at radius 1 is 1.41 bits per heavy atom. The second-order valence-corrected chi connectivity index (χ2v) is 7.16. The lowest BCUT2D eigenvalue weighted by atomic mass is 10.0. The van der Waals surface area contributed by atoms with Gasteiger partial charge in [0.15, 0.2) is 0 Å². The summed E-state index contributed by atoms with van der Waals surface area (Å²) in [4.78, 5) is 33.5. The van der Waals surface area contributed by atoms with Gasteiger partial charge in [-0.1, -0.05) is 18.5 Å². The Hall–Kier alpha value is -2.94. The molecule has 1 atom stereocenters. The number of rotatable bonds is 6. The summed E-state index contributed by atoms with van der Waals surface area (Å²) in [6, 6.07) is 4.48. The van der Waals surface area contributed by atoms with E-state index in [1.165, 1.54) is 13.2 Å². The van der Waals surface area contributed by atoms with E-state index in [4.69, 9.17) is 11.6 Å². The molecule has 3 rings (SSSR count). The van der Waals surface area contributed by atoms with Crippen LogP contribution in [0.25, 0.3) is 0 Å². The zero-order chi connectivity index (χ0) is 21.0.